The van der Waals surface area contributed by atoms with Crippen LogP contribution >= 0.6 is 0 Å². The molecular formula is C18H24N6O2. The number of likely N-dealkylation sites (N-methyl/N-ethyl adjacent to an activating group) is 1. The van der Waals surface area contributed by atoms with Gasteiger partial charge in [-0.1, -0.05) is 0 Å². The van der Waals surface area contributed by atoms with Gasteiger partial charge in [0.25, 0.3) is 5.91 Å². The van der Waals surface area contributed by atoms with Gasteiger partial charge < -0.3 is 9.80 Å². The van der Waals surface area contributed by atoms with Crippen molar-refractivity contribution in [3.8, 4) is 6.07 Å². The number of rotatable bonds is 2. The number of aryl methyl sites for hydroxylation is 1. The van der Waals surface area contributed by atoms with Gasteiger partial charge in [0.15, 0.2) is 0 Å². The average molecular weight is 356 g/mol. The third-order valence-electron chi connectivity index (χ3n) is 5.80. The van der Waals surface area contributed by atoms with Crippen molar-refractivity contribution >= 4 is 11.8 Å². The predicted octanol–water partition coefficient (Wildman–Crippen LogP) is 0.366. The summed E-state index contributed by atoms with van der Waals surface area (Å²) in [6, 6.07) is 2.07. The van der Waals surface area contributed by atoms with E-state index in [-0.39, 0.29) is 18.4 Å². The van der Waals surface area contributed by atoms with Gasteiger partial charge in [-0.25, -0.2) is 9.97 Å². The Morgan fingerprint density at radius 2 is 1.92 bits per heavy atom. The SMILES string of the molecule is Cc1ncnc(C(=O)N2CCC3(CC2)C(=O)N(CC#N)CCN3C)c1C. The van der Waals surface area contributed by atoms with E-state index in [9.17, 15) is 9.59 Å². The third-order valence-corrected chi connectivity index (χ3v) is 5.80. The first-order chi connectivity index (χ1) is 12.4. The number of amides is 2. The molecule has 3 rings (SSSR count). The van der Waals surface area contributed by atoms with E-state index in [0.717, 1.165) is 17.8 Å². The van der Waals surface area contributed by atoms with Crippen LogP contribution < -0.4 is 0 Å². The zero-order chi connectivity index (χ0) is 18.9. The molecule has 0 aliphatic carbocycles. The lowest BCUT2D eigenvalue weighted by molar-refractivity contribution is -0.152. The molecule has 8 nitrogen and oxygen atoms in total. The number of hydrogen-bond acceptors (Lipinski definition) is 6. The highest BCUT2D eigenvalue weighted by molar-refractivity contribution is 5.94. The second-order valence-corrected chi connectivity index (χ2v) is 7.06. The number of carbonyl (C=O) groups excluding carboxylic acids is 2. The highest BCUT2D eigenvalue weighted by Gasteiger charge is 2.49. The minimum atomic E-state index is -0.609. The van der Waals surface area contributed by atoms with Crippen LogP contribution in [0.25, 0.3) is 0 Å². The summed E-state index contributed by atoms with van der Waals surface area (Å²) in [5, 5.41) is 8.96. The van der Waals surface area contributed by atoms with Crippen molar-refractivity contribution in [3.63, 3.8) is 0 Å². The Morgan fingerprint density at radius 3 is 2.58 bits per heavy atom. The second kappa shape index (κ2) is 7.00. The molecule has 8 heteroatoms. The second-order valence-electron chi connectivity index (χ2n) is 7.06. The van der Waals surface area contributed by atoms with Crippen LogP contribution in [0.3, 0.4) is 0 Å². The molecule has 0 saturated carbocycles. The molecule has 138 valence electrons. The Balaban J connectivity index is 1.75. The van der Waals surface area contributed by atoms with Crippen LogP contribution in [0.2, 0.25) is 0 Å². The van der Waals surface area contributed by atoms with Crippen LogP contribution in [0.15, 0.2) is 6.33 Å². The van der Waals surface area contributed by atoms with Crippen LogP contribution in [0.5, 0.6) is 0 Å². The highest BCUT2D eigenvalue weighted by atomic mass is 16.2. The summed E-state index contributed by atoms with van der Waals surface area (Å²) in [5.41, 5.74) is 1.42. The summed E-state index contributed by atoms with van der Waals surface area (Å²) in [6.45, 7) is 6.15. The summed E-state index contributed by atoms with van der Waals surface area (Å²) in [4.78, 5) is 39.6. The molecule has 26 heavy (non-hydrogen) atoms. The topological polar surface area (TPSA) is 93.4 Å². The molecule has 0 unspecified atom stereocenters. The molecule has 2 saturated heterocycles. The van der Waals surface area contributed by atoms with Gasteiger partial charge >= 0.3 is 0 Å². The van der Waals surface area contributed by atoms with E-state index >= 15 is 0 Å². The summed E-state index contributed by atoms with van der Waals surface area (Å²) in [7, 11) is 1.96. The molecule has 0 N–H and O–H groups in total. The molecule has 0 bridgehead atoms. The van der Waals surface area contributed by atoms with E-state index in [1.54, 1.807) is 9.80 Å². The maximum absolute atomic E-state index is 13.0. The number of likely N-dealkylation sites (tertiary alicyclic amines) is 1. The van der Waals surface area contributed by atoms with E-state index in [1.165, 1.54) is 6.33 Å². The molecule has 2 aliphatic rings. The van der Waals surface area contributed by atoms with Crippen molar-refractivity contribution in [2.75, 3.05) is 39.8 Å². The Labute approximate surface area is 153 Å². The van der Waals surface area contributed by atoms with Gasteiger partial charge in [0, 0.05) is 37.4 Å². The highest BCUT2D eigenvalue weighted by Crippen LogP contribution is 2.33. The van der Waals surface area contributed by atoms with Crippen molar-refractivity contribution in [2.24, 2.45) is 0 Å². The van der Waals surface area contributed by atoms with Gasteiger partial charge in [-0.15, -0.1) is 0 Å². The maximum atomic E-state index is 13.0. The lowest BCUT2D eigenvalue weighted by atomic mass is 9.82. The van der Waals surface area contributed by atoms with E-state index < -0.39 is 5.54 Å². The Kier molecular flexibility index (Phi) is 4.92. The van der Waals surface area contributed by atoms with E-state index in [2.05, 4.69) is 20.9 Å². The Bertz CT molecular complexity index is 763. The molecule has 1 aromatic rings. The number of nitriles is 1. The summed E-state index contributed by atoms with van der Waals surface area (Å²) in [5.74, 6) is -0.100. The molecular weight excluding hydrogens is 332 g/mol. The van der Waals surface area contributed by atoms with Gasteiger partial charge in [0.2, 0.25) is 5.91 Å². The standard InChI is InChI=1S/C18H24N6O2/c1-13-14(2)20-12-21-15(13)16(25)23-7-4-18(5-8-23)17(26)24(9-6-19)11-10-22(18)3/h12H,4-5,7-11H2,1-3H3. The molecule has 1 aromatic heterocycles. The number of piperidine rings is 1. The fraction of sp³-hybridized carbons (Fsp3) is 0.611. The predicted molar refractivity (Wildman–Crippen MR) is 94.2 cm³/mol. The minimum Gasteiger partial charge on any atom is -0.337 e. The molecule has 2 fully saturated rings. The fourth-order valence-electron chi connectivity index (χ4n) is 3.86. The van der Waals surface area contributed by atoms with Crippen molar-refractivity contribution in [2.45, 2.75) is 32.2 Å². The number of aromatic nitrogens is 2. The van der Waals surface area contributed by atoms with Crippen molar-refractivity contribution in [1.29, 1.82) is 5.26 Å². The van der Waals surface area contributed by atoms with E-state index in [4.69, 9.17) is 5.26 Å². The van der Waals surface area contributed by atoms with Gasteiger partial charge in [0.05, 0.1) is 6.07 Å². The van der Waals surface area contributed by atoms with E-state index in [0.29, 0.717) is 38.2 Å². The van der Waals surface area contributed by atoms with Crippen molar-refractivity contribution in [3.05, 3.63) is 23.3 Å². The number of carbonyl (C=O) groups is 2. The number of hydrogen-bond donors (Lipinski definition) is 0. The summed E-state index contributed by atoms with van der Waals surface area (Å²) < 4.78 is 0. The lowest BCUT2D eigenvalue weighted by Crippen LogP contribution is -2.68. The third kappa shape index (κ3) is 2.92. The number of nitrogens with zero attached hydrogens (tertiary/aromatic N) is 6. The molecule has 1 spiro atoms. The Morgan fingerprint density at radius 1 is 1.23 bits per heavy atom. The zero-order valence-electron chi connectivity index (χ0n) is 15.5. The Hall–Kier alpha value is -2.53. The van der Waals surface area contributed by atoms with Crippen molar-refractivity contribution in [1.82, 2.24) is 24.7 Å². The van der Waals surface area contributed by atoms with Crippen LogP contribution in [0.1, 0.15) is 34.6 Å². The van der Waals surface area contributed by atoms with Gasteiger partial charge in [-0.3, -0.25) is 14.5 Å². The number of piperazine rings is 1. The quantitative estimate of drug-likeness (QED) is 0.711. The van der Waals surface area contributed by atoms with Crippen molar-refractivity contribution < 1.29 is 9.59 Å². The fourth-order valence-corrected chi connectivity index (χ4v) is 3.86. The van der Waals surface area contributed by atoms with Crippen LogP contribution in [-0.2, 0) is 4.79 Å². The molecule has 0 radical (unpaired) electrons. The van der Waals surface area contributed by atoms with Gasteiger partial charge in [-0.2, -0.15) is 5.26 Å². The average Bonchev–Trinajstić information content (AvgIpc) is 2.65. The van der Waals surface area contributed by atoms with Crippen LogP contribution in [0, 0.1) is 25.2 Å². The maximum Gasteiger partial charge on any atom is 0.272 e. The largest absolute Gasteiger partial charge is 0.337 e. The summed E-state index contributed by atoms with van der Waals surface area (Å²) >= 11 is 0. The molecule has 2 aliphatic heterocycles. The minimum absolute atomic E-state index is 0.00830. The molecule has 3 heterocycles. The van der Waals surface area contributed by atoms with Gasteiger partial charge in [-0.05, 0) is 33.7 Å². The van der Waals surface area contributed by atoms with Crippen LogP contribution in [-0.4, -0.2) is 81.8 Å². The zero-order valence-corrected chi connectivity index (χ0v) is 15.5. The summed E-state index contributed by atoms with van der Waals surface area (Å²) in [6.07, 6.45) is 2.55. The van der Waals surface area contributed by atoms with E-state index in [1.807, 2.05) is 20.9 Å². The molecule has 2 amide bonds. The van der Waals surface area contributed by atoms with Crippen LogP contribution in [0.4, 0.5) is 0 Å². The lowest BCUT2D eigenvalue weighted by Gasteiger charge is -2.51. The smallest absolute Gasteiger partial charge is 0.272 e. The molecule has 0 aromatic carbocycles. The normalized spacial score (nSPS) is 20.3. The monoisotopic (exact) mass is 356 g/mol. The first kappa shape index (κ1) is 18.3. The first-order valence-electron chi connectivity index (χ1n) is 8.86. The van der Waals surface area contributed by atoms with Gasteiger partial charge in [0.1, 0.15) is 24.1 Å². The first-order valence-corrected chi connectivity index (χ1v) is 8.86. The molecule has 0 atom stereocenters.